The first-order valence-corrected chi connectivity index (χ1v) is 13.1. The molecule has 176 valence electrons. The fraction of sp³-hybridized carbons (Fsp3) is 0.419. The van der Waals surface area contributed by atoms with Crippen molar-refractivity contribution in [3.8, 4) is 5.75 Å². The van der Waals surface area contributed by atoms with E-state index in [1.54, 1.807) is 7.11 Å². The number of piperidine rings is 2. The van der Waals surface area contributed by atoms with Gasteiger partial charge in [-0.05, 0) is 48.8 Å². The van der Waals surface area contributed by atoms with Crippen LogP contribution in [0.15, 0.2) is 84.9 Å². The minimum Gasteiger partial charge on any atom is -0.496 e. The van der Waals surface area contributed by atoms with E-state index in [1.807, 2.05) is 0 Å². The van der Waals surface area contributed by atoms with Crippen LogP contribution in [0.1, 0.15) is 54.7 Å². The van der Waals surface area contributed by atoms with Crippen molar-refractivity contribution in [1.29, 1.82) is 0 Å². The van der Waals surface area contributed by atoms with Crippen LogP contribution >= 0.6 is 0 Å². The molecule has 3 aliphatic rings. The third-order valence-electron chi connectivity index (χ3n) is 8.68. The second-order valence-corrected chi connectivity index (χ2v) is 10.4. The predicted molar refractivity (Wildman–Crippen MR) is 138 cm³/mol. The molecule has 6 rings (SSSR count). The molecule has 3 heteroatoms. The number of para-hydroxylation sites is 1. The summed E-state index contributed by atoms with van der Waals surface area (Å²) >= 11 is 0. The zero-order valence-electron chi connectivity index (χ0n) is 20.1. The number of hydrogen-bond acceptors (Lipinski definition) is 3. The molecule has 0 saturated carbocycles. The summed E-state index contributed by atoms with van der Waals surface area (Å²) in [4.78, 5) is 2.97. The summed E-state index contributed by atoms with van der Waals surface area (Å²) < 4.78 is 5.66. The van der Waals surface area contributed by atoms with Gasteiger partial charge in [0.2, 0.25) is 0 Å². The van der Waals surface area contributed by atoms with E-state index >= 15 is 0 Å². The average molecular weight is 453 g/mol. The maximum atomic E-state index is 5.66. The van der Waals surface area contributed by atoms with Crippen LogP contribution in [0.25, 0.3) is 0 Å². The highest BCUT2D eigenvalue weighted by Gasteiger charge is 2.54. The minimum atomic E-state index is 0.361. The van der Waals surface area contributed by atoms with E-state index in [-0.39, 0.29) is 0 Å². The standard InChI is InChI=1S/C31H36N2O/c1-34-29-18-9-8-15-24(29)21-32-27-20-25-19-26-16-10-17-28(25)33(26)31(27)30(22-11-4-2-5-12-22)23-13-6-3-7-14-23/h2-9,11-15,18,25-28,30-32H,10,16-17,19-21H2,1H3/t25-,26+,27?,28?,31?/m0/s1. The van der Waals surface area contributed by atoms with Gasteiger partial charge in [-0.15, -0.1) is 0 Å². The summed E-state index contributed by atoms with van der Waals surface area (Å²) in [5.41, 5.74) is 4.12. The van der Waals surface area contributed by atoms with Gasteiger partial charge in [0.25, 0.3) is 0 Å². The van der Waals surface area contributed by atoms with Gasteiger partial charge < -0.3 is 10.1 Å². The molecule has 6 atom stereocenters. The molecule has 3 aromatic carbocycles. The van der Waals surface area contributed by atoms with E-state index in [0.29, 0.717) is 18.0 Å². The molecular weight excluding hydrogens is 416 g/mol. The number of ether oxygens (including phenoxy) is 1. The molecule has 3 nitrogen and oxygen atoms in total. The van der Waals surface area contributed by atoms with Gasteiger partial charge in [0, 0.05) is 42.2 Å². The number of nitrogens with one attached hydrogen (secondary N) is 1. The van der Waals surface area contributed by atoms with Gasteiger partial charge >= 0.3 is 0 Å². The Morgan fingerprint density at radius 3 is 2.24 bits per heavy atom. The van der Waals surface area contributed by atoms with E-state index in [2.05, 4.69) is 95.1 Å². The van der Waals surface area contributed by atoms with Crippen molar-refractivity contribution in [1.82, 2.24) is 10.2 Å². The van der Waals surface area contributed by atoms with Crippen molar-refractivity contribution in [2.75, 3.05) is 7.11 Å². The van der Waals surface area contributed by atoms with Gasteiger partial charge in [0.15, 0.2) is 0 Å². The summed E-state index contributed by atoms with van der Waals surface area (Å²) in [6, 6.07) is 33.3. The van der Waals surface area contributed by atoms with Crippen LogP contribution in [0.3, 0.4) is 0 Å². The molecule has 3 saturated heterocycles. The van der Waals surface area contributed by atoms with Crippen LogP contribution in [0.4, 0.5) is 0 Å². The Hall–Kier alpha value is -2.62. The van der Waals surface area contributed by atoms with E-state index in [4.69, 9.17) is 4.74 Å². The van der Waals surface area contributed by atoms with Gasteiger partial charge in [-0.25, -0.2) is 0 Å². The maximum absolute atomic E-state index is 5.66. The second-order valence-electron chi connectivity index (χ2n) is 10.4. The SMILES string of the molecule is COc1ccccc1CNC1C[C@@H]2C[C@H]3CCCC2N3C1C(c1ccccc1)c1ccccc1. The molecule has 3 aromatic rings. The summed E-state index contributed by atoms with van der Waals surface area (Å²) in [6.07, 6.45) is 6.78. The number of hydrogen-bond donors (Lipinski definition) is 1. The topological polar surface area (TPSA) is 24.5 Å². The Morgan fingerprint density at radius 1 is 0.853 bits per heavy atom. The fourth-order valence-electron chi connectivity index (χ4n) is 7.35. The lowest BCUT2D eigenvalue weighted by molar-refractivity contribution is 0.0151. The fourth-order valence-corrected chi connectivity index (χ4v) is 7.35. The number of methoxy groups -OCH3 is 1. The van der Waals surface area contributed by atoms with Gasteiger partial charge in [-0.2, -0.15) is 0 Å². The lowest BCUT2D eigenvalue weighted by Crippen LogP contribution is -2.61. The molecule has 4 unspecified atom stereocenters. The third kappa shape index (κ3) is 3.95. The van der Waals surface area contributed by atoms with Crippen LogP contribution in [0.2, 0.25) is 0 Å². The van der Waals surface area contributed by atoms with E-state index < -0.39 is 0 Å². The van der Waals surface area contributed by atoms with E-state index in [0.717, 1.165) is 30.3 Å². The number of benzene rings is 3. The molecule has 34 heavy (non-hydrogen) atoms. The largest absolute Gasteiger partial charge is 0.496 e. The van der Waals surface area contributed by atoms with Crippen molar-refractivity contribution in [3.05, 3.63) is 102 Å². The Bertz CT molecular complexity index is 1050. The number of rotatable bonds is 7. The summed E-state index contributed by atoms with van der Waals surface area (Å²) in [5, 5.41) is 4.05. The van der Waals surface area contributed by atoms with Gasteiger partial charge in [-0.1, -0.05) is 85.3 Å². The first kappa shape index (κ1) is 21.9. The molecule has 0 spiro atoms. The Labute approximate surface area is 204 Å². The molecular formula is C31H36N2O. The molecule has 1 N–H and O–H groups in total. The Kier molecular flexibility index (Phi) is 6.15. The normalized spacial score (nSPS) is 29.8. The second kappa shape index (κ2) is 9.56. The van der Waals surface area contributed by atoms with Crippen LogP contribution in [0.5, 0.6) is 5.75 Å². The lowest BCUT2D eigenvalue weighted by Gasteiger charge is -2.52. The van der Waals surface area contributed by atoms with Crippen LogP contribution < -0.4 is 10.1 Å². The highest BCUT2D eigenvalue weighted by atomic mass is 16.5. The summed E-state index contributed by atoms with van der Waals surface area (Å²) in [7, 11) is 1.77. The summed E-state index contributed by atoms with van der Waals surface area (Å²) in [5.74, 6) is 2.16. The lowest BCUT2D eigenvalue weighted by atomic mass is 9.74. The molecule has 0 aliphatic carbocycles. The number of nitrogens with zero attached hydrogens (tertiary/aromatic N) is 1. The van der Waals surface area contributed by atoms with Crippen molar-refractivity contribution in [2.24, 2.45) is 5.92 Å². The molecule has 3 fully saturated rings. The van der Waals surface area contributed by atoms with Crippen LogP contribution in [0, 0.1) is 5.92 Å². The van der Waals surface area contributed by atoms with Crippen molar-refractivity contribution in [2.45, 2.75) is 68.7 Å². The maximum Gasteiger partial charge on any atom is 0.123 e. The zero-order valence-corrected chi connectivity index (χ0v) is 20.1. The quantitative estimate of drug-likeness (QED) is 0.476. The molecule has 0 aromatic heterocycles. The predicted octanol–water partition coefficient (Wildman–Crippen LogP) is 6.00. The Balaban J connectivity index is 1.39. The van der Waals surface area contributed by atoms with Gasteiger partial charge in [0.05, 0.1) is 7.11 Å². The first-order valence-electron chi connectivity index (χ1n) is 13.1. The highest BCUT2D eigenvalue weighted by Crippen LogP contribution is 2.51. The van der Waals surface area contributed by atoms with Gasteiger partial charge in [-0.3, -0.25) is 4.90 Å². The van der Waals surface area contributed by atoms with Crippen molar-refractivity contribution < 1.29 is 4.74 Å². The molecule has 3 aliphatic heterocycles. The summed E-state index contributed by atoms with van der Waals surface area (Å²) in [6.45, 7) is 0.845. The monoisotopic (exact) mass is 452 g/mol. The van der Waals surface area contributed by atoms with Crippen LogP contribution in [-0.2, 0) is 6.54 Å². The van der Waals surface area contributed by atoms with Crippen molar-refractivity contribution >= 4 is 0 Å². The average Bonchev–Trinajstić information content (AvgIpc) is 3.02. The third-order valence-corrected chi connectivity index (χ3v) is 8.68. The van der Waals surface area contributed by atoms with Crippen LogP contribution in [-0.4, -0.2) is 36.2 Å². The van der Waals surface area contributed by atoms with Crippen molar-refractivity contribution in [3.63, 3.8) is 0 Å². The molecule has 4 bridgehead atoms. The molecule has 3 heterocycles. The minimum absolute atomic E-state index is 0.361. The van der Waals surface area contributed by atoms with E-state index in [1.165, 1.54) is 48.8 Å². The molecule has 0 amide bonds. The molecule has 0 radical (unpaired) electrons. The first-order chi connectivity index (χ1) is 16.8. The smallest absolute Gasteiger partial charge is 0.123 e. The van der Waals surface area contributed by atoms with E-state index in [9.17, 15) is 0 Å². The zero-order chi connectivity index (χ0) is 22.9. The highest BCUT2D eigenvalue weighted by molar-refractivity contribution is 5.37. The van der Waals surface area contributed by atoms with Gasteiger partial charge in [0.1, 0.15) is 5.75 Å². The Morgan fingerprint density at radius 2 is 1.53 bits per heavy atom.